The second-order valence-electron chi connectivity index (χ2n) is 5.03. The zero-order chi connectivity index (χ0) is 14.1. The fourth-order valence-corrected chi connectivity index (χ4v) is 3.92. The molecule has 1 aromatic carbocycles. The molecule has 1 fully saturated rings. The van der Waals surface area contributed by atoms with E-state index in [4.69, 9.17) is 16.6 Å². The first-order valence-electron chi connectivity index (χ1n) is 6.64. The predicted octanol–water partition coefficient (Wildman–Crippen LogP) is 5.82. The fourth-order valence-electron chi connectivity index (χ4n) is 2.66. The van der Waals surface area contributed by atoms with Gasteiger partial charge in [0.2, 0.25) is 0 Å². The van der Waals surface area contributed by atoms with Crippen LogP contribution in [0.3, 0.4) is 0 Å². The van der Waals surface area contributed by atoms with Gasteiger partial charge in [0.15, 0.2) is 5.82 Å². The topological polar surface area (TPSA) is 25.8 Å². The van der Waals surface area contributed by atoms with Crippen LogP contribution in [0.1, 0.15) is 37.3 Å². The van der Waals surface area contributed by atoms with E-state index < -0.39 is 0 Å². The zero-order valence-electron chi connectivity index (χ0n) is 10.7. The van der Waals surface area contributed by atoms with Gasteiger partial charge in [-0.25, -0.2) is 9.97 Å². The average molecular weight is 464 g/mol. The molecule has 1 aliphatic rings. The third kappa shape index (κ3) is 3.02. The SMILES string of the molecule is Clc1nc(-c2cccc(Br)c2)nc(C2CCCC2)c1I. The maximum absolute atomic E-state index is 6.32. The van der Waals surface area contributed by atoms with Crippen LogP contribution in [0.5, 0.6) is 0 Å². The molecule has 1 aromatic heterocycles. The molecule has 104 valence electrons. The van der Waals surface area contributed by atoms with E-state index in [1.54, 1.807) is 0 Å². The molecule has 0 saturated heterocycles. The summed E-state index contributed by atoms with van der Waals surface area (Å²) in [6, 6.07) is 8.03. The van der Waals surface area contributed by atoms with E-state index in [1.807, 2.05) is 24.3 Å². The summed E-state index contributed by atoms with van der Waals surface area (Å²) in [6.45, 7) is 0. The van der Waals surface area contributed by atoms with Crippen LogP contribution in [0.2, 0.25) is 5.15 Å². The molecular formula is C15H13BrClIN2. The van der Waals surface area contributed by atoms with E-state index in [-0.39, 0.29) is 0 Å². The Morgan fingerprint density at radius 2 is 1.95 bits per heavy atom. The van der Waals surface area contributed by atoms with Crippen molar-refractivity contribution in [3.8, 4) is 11.4 Å². The van der Waals surface area contributed by atoms with Gasteiger partial charge in [-0.2, -0.15) is 0 Å². The van der Waals surface area contributed by atoms with Crippen LogP contribution in [0, 0.1) is 3.57 Å². The summed E-state index contributed by atoms with van der Waals surface area (Å²) in [7, 11) is 0. The van der Waals surface area contributed by atoms with Crippen molar-refractivity contribution in [2.75, 3.05) is 0 Å². The molecule has 2 nitrogen and oxygen atoms in total. The highest BCUT2D eigenvalue weighted by atomic mass is 127. The van der Waals surface area contributed by atoms with E-state index in [0.29, 0.717) is 11.1 Å². The molecule has 0 spiro atoms. The molecule has 0 bridgehead atoms. The fraction of sp³-hybridized carbons (Fsp3) is 0.333. The van der Waals surface area contributed by atoms with Crippen LogP contribution in [0.15, 0.2) is 28.7 Å². The minimum Gasteiger partial charge on any atom is -0.232 e. The highest BCUT2D eigenvalue weighted by Crippen LogP contribution is 2.37. The van der Waals surface area contributed by atoms with Crippen LogP contribution in [-0.4, -0.2) is 9.97 Å². The molecule has 0 aliphatic heterocycles. The van der Waals surface area contributed by atoms with E-state index >= 15 is 0 Å². The number of aromatic nitrogens is 2. The van der Waals surface area contributed by atoms with Crippen molar-refractivity contribution in [3.63, 3.8) is 0 Å². The van der Waals surface area contributed by atoms with E-state index in [2.05, 4.69) is 43.5 Å². The van der Waals surface area contributed by atoms with E-state index in [9.17, 15) is 0 Å². The summed E-state index contributed by atoms with van der Waals surface area (Å²) in [4.78, 5) is 9.24. The molecule has 0 unspecified atom stereocenters. The Labute approximate surface area is 145 Å². The first kappa shape index (κ1) is 14.7. The zero-order valence-corrected chi connectivity index (χ0v) is 15.2. The monoisotopic (exact) mass is 462 g/mol. The number of rotatable bonds is 2. The standard InChI is InChI=1S/C15H13BrClIN2/c16-11-7-3-6-10(8-11)15-19-13(9-4-1-2-5-9)12(18)14(17)20-15/h3,6-9H,1-2,4-5H2. The first-order chi connectivity index (χ1) is 9.65. The lowest BCUT2D eigenvalue weighted by atomic mass is 10.0. The van der Waals surface area contributed by atoms with Crippen LogP contribution in [0.25, 0.3) is 11.4 Å². The van der Waals surface area contributed by atoms with Crippen molar-refractivity contribution in [1.29, 1.82) is 0 Å². The summed E-state index contributed by atoms with van der Waals surface area (Å²) in [6.07, 6.45) is 4.99. The number of nitrogens with zero attached hydrogens (tertiary/aromatic N) is 2. The van der Waals surface area contributed by atoms with Crippen molar-refractivity contribution in [3.05, 3.63) is 43.2 Å². The Morgan fingerprint density at radius 3 is 2.65 bits per heavy atom. The van der Waals surface area contributed by atoms with Gasteiger partial charge < -0.3 is 0 Å². The second-order valence-corrected chi connectivity index (χ2v) is 7.38. The Kier molecular flexibility index (Phi) is 4.62. The Bertz CT molecular complexity index is 642. The van der Waals surface area contributed by atoms with Crippen molar-refractivity contribution in [1.82, 2.24) is 9.97 Å². The molecule has 2 aromatic rings. The van der Waals surface area contributed by atoms with Gasteiger partial charge in [0.05, 0.1) is 9.26 Å². The van der Waals surface area contributed by atoms with Crippen molar-refractivity contribution >= 4 is 50.1 Å². The lowest BCUT2D eigenvalue weighted by Crippen LogP contribution is -2.04. The largest absolute Gasteiger partial charge is 0.232 e. The first-order valence-corrected chi connectivity index (χ1v) is 8.89. The normalized spacial score (nSPS) is 15.8. The highest BCUT2D eigenvalue weighted by molar-refractivity contribution is 14.1. The third-order valence-electron chi connectivity index (χ3n) is 3.66. The Balaban J connectivity index is 2.08. The molecule has 0 amide bonds. The van der Waals surface area contributed by atoms with Gasteiger partial charge in [0, 0.05) is 16.0 Å². The van der Waals surface area contributed by atoms with Crippen molar-refractivity contribution < 1.29 is 0 Å². The molecule has 0 N–H and O–H groups in total. The molecule has 1 heterocycles. The third-order valence-corrected chi connectivity index (χ3v) is 5.81. The predicted molar refractivity (Wildman–Crippen MR) is 94.1 cm³/mol. The quantitative estimate of drug-likeness (QED) is 0.414. The Morgan fingerprint density at radius 1 is 1.20 bits per heavy atom. The number of benzene rings is 1. The van der Waals surface area contributed by atoms with E-state index in [1.165, 1.54) is 25.7 Å². The van der Waals surface area contributed by atoms with Gasteiger partial charge in [0.1, 0.15) is 5.15 Å². The van der Waals surface area contributed by atoms with Crippen LogP contribution in [0.4, 0.5) is 0 Å². The van der Waals surface area contributed by atoms with Gasteiger partial charge in [-0.15, -0.1) is 0 Å². The summed E-state index contributed by atoms with van der Waals surface area (Å²) >= 11 is 12.1. The van der Waals surface area contributed by atoms with Crippen LogP contribution < -0.4 is 0 Å². The number of halogens is 3. The molecule has 0 atom stereocenters. The molecule has 20 heavy (non-hydrogen) atoms. The van der Waals surface area contributed by atoms with Gasteiger partial charge in [-0.05, 0) is 47.6 Å². The van der Waals surface area contributed by atoms with Gasteiger partial charge >= 0.3 is 0 Å². The summed E-state index contributed by atoms with van der Waals surface area (Å²) in [5, 5.41) is 0.567. The second kappa shape index (κ2) is 6.28. The van der Waals surface area contributed by atoms with Crippen LogP contribution >= 0.6 is 50.1 Å². The summed E-state index contributed by atoms with van der Waals surface area (Å²) in [5.41, 5.74) is 2.12. The van der Waals surface area contributed by atoms with E-state index in [0.717, 1.165) is 25.1 Å². The summed E-state index contributed by atoms with van der Waals surface area (Å²) in [5.74, 6) is 1.26. The molecule has 5 heteroatoms. The van der Waals surface area contributed by atoms with Crippen molar-refractivity contribution in [2.45, 2.75) is 31.6 Å². The summed E-state index contributed by atoms with van der Waals surface area (Å²) < 4.78 is 2.03. The molecule has 3 rings (SSSR count). The minimum absolute atomic E-state index is 0.535. The smallest absolute Gasteiger partial charge is 0.161 e. The number of hydrogen-bond acceptors (Lipinski definition) is 2. The molecule has 1 aliphatic carbocycles. The lowest BCUT2D eigenvalue weighted by Gasteiger charge is -2.13. The minimum atomic E-state index is 0.535. The maximum Gasteiger partial charge on any atom is 0.161 e. The Hall–Kier alpha value is -0.200. The lowest BCUT2D eigenvalue weighted by molar-refractivity contribution is 0.690. The van der Waals surface area contributed by atoms with Gasteiger partial charge in [-0.3, -0.25) is 0 Å². The highest BCUT2D eigenvalue weighted by Gasteiger charge is 2.23. The molecular weight excluding hydrogens is 450 g/mol. The maximum atomic E-state index is 6.32. The average Bonchev–Trinajstić information content (AvgIpc) is 2.95. The van der Waals surface area contributed by atoms with Gasteiger partial charge in [0.25, 0.3) is 0 Å². The number of hydrogen-bond donors (Lipinski definition) is 0. The van der Waals surface area contributed by atoms with Crippen LogP contribution in [-0.2, 0) is 0 Å². The van der Waals surface area contributed by atoms with Crippen molar-refractivity contribution in [2.24, 2.45) is 0 Å². The molecule has 0 radical (unpaired) electrons. The molecule has 1 saturated carbocycles. The van der Waals surface area contributed by atoms with Gasteiger partial charge in [-0.1, -0.05) is 52.5 Å².